The Morgan fingerprint density at radius 1 is 1.09 bits per heavy atom. The number of hydrogen-bond donors (Lipinski definition) is 0. The molecular weight excluding hydrogens is 132 g/mol. The van der Waals surface area contributed by atoms with Crippen molar-refractivity contribution >= 4 is 0 Å². The van der Waals surface area contributed by atoms with Crippen LogP contribution in [0.4, 0.5) is 0 Å². The SMILES string of the molecule is CC.CC12CCCC(CC1)C2. The van der Waals surface area contributed by atoms with Gasteiger partial charge < -0.3 is 0 Å². The molecule has 2 aliphatic rings. The lowest BCUT2D eigenvalue weighted by Crippen LogP contribution is -2.15. The van der Waals surface area contributed by atoms with E-state index in [0.29, 0.717) is 0 Å². The monoisotopic (exact) mass is 154 g/mol. The van der Waals surface area contributed by atoms with Crippen LogP contribution in [0.2, 0.25) is 0 Å². The molecule has 2 bridgehead atoms. The molecule has 0 aromatic rings. The first-order valence-corrected chi connectivity index (χ1v) is 5.29. The van der Waals surface area contributed by atoms with E-state index in [0.717, 1.165) is 11.3 Å². The molecule has 0 N–H and O–H groups in total. The zero-order valence-corrected chi connectivity index (χ0v) is 8.32. The highest BCUT2D eigenvalue weighted by atomic mass is 14.4. The molecule has 2 saturated carbocycles. The molecule has 0 heterocycles. The molecule has 2 rings (SSSR count). The number of fused-ring (bicyclic) bond motifs is 2. The van der Waals surface area contributed by atoms with E-state index in [-0.39, 0.29) is 0 Å². The van der Waals surface area contributed by atoms with Gasteiger partial charge in [0, 0.05) is 0 Å². The Kier molecular flexibility index (Phi) is 2.98. The molecule has 11 heavy (non-hydrogen) atoms. The van der Waals surface area contributed by atoms with Crippen LogP contribution in [0.1, 0.15) is 59.3 Å². The lowest BCUT2D eigenvalue weighted by Gasteiger charge is -2.28. The van der Waals surface area contributed by atoms with E-state index in [1.165, 1.54) is 32.1 Å². The Hall–Kier alpha value is 0. The van der Waals surface area contributed by atoms with Gasteiger partial charge in [-0.3, -0.25) is 0 Å². The second-order valence-corrected chi connectivity index (χ2v) is 4.31. The fraction of sp³-hybridized carbons (Fsp3) is 1.00. The Labute approximate surface area is 71.4 Å². The lowest BCUT2D eigenvalue weighted by atomic mass is 9.78. The molecule has 0 radical (unpaired) electrons. The van der Waals surface area contributed by atoms with Gasteiger partial charge in [-0.1, -0.05) is 33.6 Å². The summed E-state index contributed by atoms with van der Waals surface area (Å²) in [6, 6.07) is 0. The molecule has 0 aromatic carbocycles. The van der Waals surface area contributed by atoms with Crippen LogP contribution in [-0.4, -0.2) is 0 Å². The summed E-state index contributed by atoms with van der Waals surface area (Å²) >= 11 is 0. The summed E-state index contributed by atoms with van der Waals surface area (Å²) < 4.78 is 0. The molecule has 66 valence electrons. The minimum atomic E-state index is 0.795. The molecule has 0 spiro atoms. The summed E-state index contributed by atoms with van der Waals surface area (Å²) in [5.74, 6) is 1.13. The van der Waals surface area contributed by atoms with Crippen LogP contribution in [0, 0.1) is 11.3 Å². The van der Waals surface area contributed by atoms with Crippen molar-refractivity contribution < 1.29 is 0 Å². The minimum Gasteiger partial charge on any atom is -0.0683 e. The van der Waals surface area contributed by atoms with Crippen molar-refractivity contribution in [1.82, 2.24) is 0 Å². The molecule has 2 unspecified atom stereocenters. The molecular formula is C11H22. The van der Waals surface area contributed by atoms with Crippen LogP contribution in [0.5, 0.6) is 0 Å². The van der Waals surface area contributed by atoms with Crippen LogP contribution >= 0.6 is 0 Å². The second kappa shape index (κ2) is 3.60. The van der Waals surface area contributed by atoms with E-state index in [9.17, 15) is 0 Å². The quantitative estimate of drug-likeness (QED) is 0.494. The Morgan fingerprint density at radius 3 is 2.36 bits per heavy atom. The minimum absolute atomic E-state index is 0.795. The summed E-state index contributed by atoms with van der Waals surface area (Å²) in [6.45, 7) is 6.48. The molecule has 0 heteroatoms. The zero-order chi connectivity index (χ0) is 8.32. The van der Waals surface area contributed by atoms with Crippen molar-refractivity contribution in [2.45, 2.75) is 59.3 Å². The molecule has 0 aliphatic heterocycles. The van der Waals surface area contributed by atoms with Gasteiger partial charge in [0.05, 0.1) is 0 Å². The predicted octanol–water partition coefficient (Wildman–Crippen LogP) is 4.00. The molecule has 0 saturated heterocycles. The van der Waals surface area contributed by atoms with Crippen LogP contribution < -0.4 is 0 Å². The Balaban J connectivity index is 0.000000281. The summed E-state index contributed by atoms with van der Waals surface area (Å²) in [5.41, 5.74) is 0.795. The largest absolute Gasteiger partial charge is 0.0683 e. The fourth-order valence-electron chi connectivity index (χ4n) is 2.74. The van der Waals surface area contributed by atoms with E-state index in [2.05, 4.69) is 6.92 Å². The lowest BCUT2D eigenvalue weighted by molar-refractivity contribution is 0.238. The third-order valence-electron chi connectivity index (χ3n) is 3.33. The van der Waals surface area contributed by atoms with Gasteiger partial charge in [0.2, 0.25) is 0 Å². The van der Waals surface area contributed by atoms with Gasteiger partial charge in [0.1, 0.15) is 0 Å². The normalized spacial score (nSPS) is 41.2. The second-order valence-electron chi connectivity index (χ2n) is 4.31. The van der Waals surface area contributed by atoms with E-state index in [1.54, 1.807) is 6.42 Å². The molecule has 0 amide bonds. The first-order valence-electron chi connectivity index (χ1n) is 5.29. The molecule has 2 atom stereocenters. The standard InChI is InChI=1S/C9H16.C2H6/c1-9-5-2-3-8(7-9)4-6-9;1-2/h8H,2-7H2,1H3;1-2H3. The average Bonchev–Trinajstić information content (AvgIpc) is 2.30. The summed E-state index contributed by atoms with van der Waals surface area (Å²) in [5, 5.41) is 0. The van der Waals surface area contributed by atoms with Crippen LogP contribution in [0.15, 0.2) is 0 Å². The van der Waals surface area contributed by atoms with Gasteiger partial charge >= 0.3 is 0 Å². The topological polar surface area (TPSA) is 0 Å². The van der Waals surface area contributed by atoms with Crippen LogP contribution in [0.25, 0.3) is 0 Å². The van der Waals surface area contributed by atoms with Gasteiger partial charge in [-0.25, -0.2) is 0 Å². The van der Waals surface area contributed by atoms with Crippen LogP contribution in [0.3, 0.4) is 0 Å². The highest BCUT2D eigenvalue weighted by Gasteiger charge is 2.37. The average molecular weight is 154 g/mol. The summed E-state index contributed by atoms with van der Waals surface area (Å²) in [7, 11) is 0. The van der Waals surface area contributed by atoms with Crippen molar-refractivity contribution in [3.05, 3.63) is 0 Å². The predicted molar refractivity (Wildman–Crippen MR) is 50.6 cm³/mol. The van der Waals surface area contributed by atoms with E-state index in [4.69, 9.17) is 0 Å². The van der Waals surface area contributed by atoms with Gasteiger partial charge in [0.25, 0.3) is 0 Å². The molecule has 2 fully saturated rings. The van der Waals surface area contributed by atoms with Gasteiger partial charge in [0.15, 0.2) is 0 Å². The maximum absolute atomic E-state index is 2.48. The highest BCUT2D eigenvalue weighted by Crippen LogP contribution is 2.50. The maximum atomic E-state index is 2.48. The van der Waals surface area contributed by atoms with Gasteiger partial charge in [-0.15, -0.1) is 0 Å². The fourth-order valence-corrected chi connectivity index (χ4v) is 2.74. The summed E-state index contributed by atoms with van der Waals surface area (Å²) in [6.07, 6.45) is 9.18. The molecule has 0 aromatic heterocycles. The Morgan fingerprint density at radius 2 is 1.82 bits per heavy atom. The van der Waals surface area contributed by atoms with E-state index >= 15 is 0 Å². The Bertz CT molecular complexity index is 113. The summed E-state index contributed by atoms with van der Waals surface area (Å²) in [4.78, 5) is 0. The molecule has 2 aliphatic carbocycles. The maximum Gasteiger partial charge on any atom is -0.0323 e. The third-order valence-corrected chi connectivity index (χ3v) is 3.33. The van der Waals surface area contributed by atoms with Crippen molar-refractivity contribution in [3.8, 4) is 0 Å². The van der Waals surface area contributed by atoms with Crippen molar-refractivity contribution in [3.63, 3.8) is 0 Å². The van der Waals surface area contributed by atoms with Gasteiger partial charge in [-0.05, 0) is 37.0 Å². The molecule has 0 nitrogen and oxygen atoms in total. The first-order chi connectivity index (χ1) is 5.29. The van der Waals surface area contributed by atoms with Gasteiger partial charge in [-0.2, -0.15) is 0 Å². The highest BCUT2D eigenvalue weighted by molar-refractivity contribution is 4.89. The number of rotatable bonds is 0. The zero-order valence-electron chi connectivity index (χ0n) is 8.32. The van der Waals surface area contributed by atoms with E-state index in [1.807, 2.05) is 13.8 Å². The first kappa shape index (κ1) is 9.09. The van der Waals surface area contributed by atoms with Crippen molar-refractivity contribution in [1.29, 1.82) is 0 Å². The van der Waals surface area contributed by atoms with Crippen LogP contribution in [-0.2, 0) is 0 Å². The van der Waals surface area contributed by atoms with Crippen molar-refractivity contribution in [2.24, 2.45) is 11.3 Å². The number of hydrogen-bond acceptors (Lipinski definition) is 0. The van der Waals surface area contributed by atoms with E-state index < -0.39 is 0 Å². The van der Waals surface area contributed by atoms with Crippen molar-refractivity contribution in [2.75, 3.05) is 0 Å². The smallest absolute Gasteiger partial charge is 0.0323 e. The third kappa shape index (κ3) is 1.98.